The van der Waals surface area contributed by atoms with Crippen molar-refractivity contribution in [1.82, 2.24) is 10.2 Å². The normalized spacial score (nSPS) is 15.3. The van der Waals surface area contributed by atoms with Crippen LogP contribution in [0.2, 0.25) is 0 Å². The highest BCUT2D eigenvalue weighted by atomic mass is 16.5. The van der Waals surface area contributed by atoms with Gasteiger partial charge in [0.25, 0.3) is 0 Å². The maximum atomic E-state index is 13.4. The summed E-state index contributed by atoms with van der Waals surface area (Å²) < 4.78 is 5.48. The fourth-order valence-electron chi connectivity index (χ4n) is 4.76. The van der Waals surface area contributed by atoms with E-state index in [1.54, 1.807) is 11.8 Å². The van der Waals surface area contributed by atoms with Gasteiger partial charge in [-0.05, 0) is 43.0 Å². The van der Waals surface area contributed by atoms with Gasteiger partial charge in [-0.1, -0.05) is 88.4 Å². The van der Waals surface area contributed by atoms with Crippen molar-refractivity contribution < 1.29 is 19.1 Å². The smallest absolute Gasteiger partial charge is 0.338 e. The van der Waals surface area contributed by atoms with E-state index < -0.39 is 12.0 Å². The second kappa shape index (κ2) is 15.0. The Balaban J connectivity index is 1.91. The Morgan fingerprint density at radius 2 is 1.66 bits per heavy atom. The number of benzene rings is 2. The van der Waals surface area contributed by atoms with E-state index in [0.29, 0.717) is 35.5 Å². The highest BCUT2D eigenvalue weighted by Crippen LogP contribution is 2.37. The van der Waals surface area contributed by atoms with Gasteiger partial charge in [0, 0.05) is 18.7 Å². The Morgan fingerprint density at radius 3 is 2.37 bits per heavy atom. The molecule has 0 aromatic heterocycles. The quantitative estimate of drug-likeness (QED) is 0.212. The third-order valence-electron chi connectivity index (χ3n) is 6.58. The van der Waals surface area contributed by atoms with E-state index in [2.05, 4.69) is 17.6 Å². The van der Waals surface area contributed by atoms with Crippen LogP contribution in [0.25, 0.3) is 5.70 Å². The van der Waals surface area contributed by atoms with Gasteiger partial charge in [-0.25, -0.2) is 9.59 Å². The fraction of sp³-hybridized carbons (Fsp3) is 0.452. The summed E-state index contributed by atoms with van der Waals surface area (Å²) in [5, 5.41) is 5.99. The molecule has 0 saturated carbocycles. The van der Waals surface area contributed by atoms with Crippen molar-refractivity contribution in [3.05, 3.63) is 71.3 Å². The van der Waals surface area contributed by atoms with E-state index in [1.807, 2.05) is 61.5 Å². The average molecular weight is 520 g/mol. The molecule has 0 fully saturated rings. The zero-order chi connectivity index (χ0) is 27.3. The minimum atomic E-state index is -0.722. The molecule has 2 N–H and O–H groups in total. The molecule has 38 heavy (non-hydrogen) atoms. The molecular formula is C31H41N3O4. The van der Waals surface area contributed by atoms with Gasteiger partial charge in [-0.3, -0.25) is 9.69 Å². The molecule has 204 valence electrons. The Bertz CT molecular complexity index is 1110. The van der Waals surface area contributed by atoms with Crippen molar-refractivity contribution in [3.63, 3.8) is 0 Å². The number of urea groups is 1. The number of amides is 3. The van der Waals surface area contributed by atoms with Gasteiger partial charge in [-0.15, -0.1) is 0 Å². The molecule has 1 aliphatic rings. The molecule has 2 aromatic rings. The first-order valence-electron chi connectivity index (χ1n) is 13.9. The predicted molar refractivity (Wildman–Crippen MR) is 151 cm³/mol. The standard InChI is InChI=1S/C31H41N3O4/c1-4-7-8-9-10-14-20-26(35)32-25-19-15-18-24(22-25)28-27(30(36)38-6-3)29(23-16-12-11-13-17-23)34(21-5-2)31(37)33-28/h11-13,15-19,22,28H,4-10,14,20-21H2,1-3H3,(H,32,35)(H,33,37). The minimum Gasteiger partial charge on any atom is -0.463 e. The molecule has 1 aliphatic heterocycles. The van der Waals surface area contributed by atoms with Crippen molar-refractivity contribution in [3.8, 4) is 0 Å². The van der Waals surface area contributed by atoms with Crippen molar-refractivity contribution >= 4 is 29.3 Å². The van der Waals surface area contributed by atoms with Crippen LogP contribution in [0, 0.1) is 0 Å². The zero-order valence-corrected chi connectivity index (χ0v) is 22.9. The first kappa shape index (κ1) is 29.0. The molecule has 0 spiro atoms. The summed E-state index contributed by atoms with van der Waals surface area (Å²) >= 11 is 0. The Morgan fingerprint density at radius 1 is 0.921 bits per heavy atom. The van der Waals surface area contributed by atoms with E-state index in [-0.39, 0.29) is 18.5 Å². The SMILES string of the molecule is CCCCCCCCC(=O)Nc1cccc(C2NC(=O)N(CCC)C(c3ccccc3)=C2C(=O)OCC)c1. The lowest BCUT2D eigenvalue weighted by molar-refractivity contribution is -0.139. The monoisotopic (exact) mass is 519 g/mol. The number of anilines is 1. The van der Waals surface area contributed by atoms with Crippen LogP contribution >= 0.6 is 0 Å². The summed E-state index contributed by atoms with van der Waals surface area (Å²) in [6, 6.07) is 15.8. The number of ether oxygens (including phenoxy) is 1. The number of unbranched alkanes of at least 4 members (excludes halogenated alkanes) is 5. The lowest BCUT2D eigenvalue weighted by Crippen LogP contribution is -2.48. The van der Waals surface area contributed by atoms with Gasteiger partial charge in [0.15, 0.2) is 0 Å². The van der Waals surface area contributed by atoms with E-state index >= 15 is 0 Å². The fourth-order valence-corrected chi connectivity index (χ4v) is 4.76. The highest BCUT2D eigenvalue weighted by molar-refractivity contribution is 6.04. The van der Waals surface area contributed by atoms with Crippen LogP contribution in [0.4, 0.5) is 10.5 Å². The van der Waals surface area contributed by atoms with Crippen molar-refractivity contribution in [2.45, 2.75) is 78.2 Å². The van der Waals surface area contributed by atoms with Crippen LogP contribution in [-0.2, 0) is 14.3 Å². The van der Waals surface area contributed by atoms with Crippen LogP contribution in [-0.4, -0.2) is 36.0 Å². The average Bonchev–Trinajstić information content (AvgIpc) is 2.92. The third-order valence-corrected chi connectivity index (χ3v) is 6.58. The first-order chi connectivity index (χ1) is 18.5. The summed E-state index contributed by atoms with van der Waals surface area (Å²) in [6.45, 7) is 6.62. The van der Waals surface area contributed by atoms with Crippen LogP contribution in [0.5, 0.6) is 0 Å². The van der Waals surface area contributed by atoms with Gasteiger partial charge in [-0.2, -0.15) is 0 Å². The maximum Gasteiger partial charge on any atom is 0.338 e. The van der Waals surface area contributed by atoms with Crippen LogP contribution < -0.4 is 10.6 Å². The third kappa shape index (κ3) is 7.70. The van der Waals surface area contributed by atoms with E-state index in [9.17, 15) is 14.4 Å². The summed E-state index contributed by atoms with van der Waals surface area (Å²) in [7, 11) is 0. The molecular weight excluding hydrogens is 478 g/mol. The summed E-state index contributed by atoms with van der Waals surface area (Å²) in [5.74, 6) is -0.513. The maximum absolute atomic E-state index is 13.4. The van der Waals surface area contributed by atoms with Crippen LogP contribution in [0.1, 0.15) is 89.3 Å². The van der Waals surface area contributed by atoms with Crippen molar-refractivity contribution in [2.75, 3.05) is 18.5 Å². The molecule has 1 heterocycles. The Hall–Kier alpha value is -3.61. The molecule has 3 rings (SSSR count). The van der Waals surface area contributed by atoms with E-state index in [0.717, 1.165) is 31.2 Å². The van der Waals surface area contributed by atoms with Crippen LogP contribution in [0.15, 0.2) is 60.2 Å². The summed E-state index contributed by atoms with van der Waals surface area (Å²) in [5.41, 5.74) is 3.03. The van der Waals surface area contributed by atoms with Crippen LogP contribution in [0.3, 0.4) is 0 Å². The largest absolute Gasteiger partial charge is 0.463 e. The first-order valence-corrected chi connectivity index (χ1v) is 13.9. The van der Waals surface area contributed by atoms with Crippen molar-refractivity contribution in [2.24, 2.45) is 0 Å². The van der Waals surface area contributed by atoms with Gasteiger partial charge in [0.1, 0.15) is 0 Å². The second-order valence-corrected chi connectivity index (χ2v) is 9.57. The van der Waals surface area contributed by atoms with Gasteiger partial charge in [0.05, 0.1) is 23.9 Å². The number of carbonyl (C=O) groups excluding carboxylic acids is 3. The van der Waals surface area contributed by atoms with Gasteiger partial charge < -0.3 is 15.4 Å². The number of nitrogens with one attached hydrogen (secondary N) is 2. The zero-order valence-electron chi connectivity index (χ0n) is 22.9. The molecule has 1 atom stereocenters. The second-order valence-electron chi connectivity index (χ2n) is 9.57. The van der Waals surface area contributed by atoms with E-state index in [4.69, 9.17) is 4.74 Å². The lowest BCUT2D eigenvalue weighted by atomic mass is 9.91. The minimum absolute atomic E-state index is 0.0365. The number of hydrogen-bond acceptors (Lipinski definition) is 4. The van der Waals surface area contributed by atoms with Crippen molar-refractivity contribution in [1.29, 1.82) is 0 Å². The Kier molecular flexibility index (Phi) is 11.4. The number of esters is 1. The summed E-state index contributed by atoms with van der Waals surface area (Å²) in [6.07, 6.45) is 7.91. The molecule has 1 unspecified atom stereocenters. The molecule has 0 bridgehead atoms. The molecule has 0 aliphatic carbocycles. The number of hydrogen-bond donors (Lipinski definition) is 2. The van der Waals surface area contributed by atoms with E-state index in [1.165, 1.54) is 19.3 Å². The highest BCUT2D eigenvalue weighted by Gasteiger charge is 2.38. The number of nitrogens with zero attached hydrogens (tertiary/aromatic N) is 1. The molecule has 3 amide bonds. The topological polar surface area (TPSA) is 87.7 Å². The lowest BCUT2D eigenvalue weighted by Gasteiger charge is -2.37. The summed E-state index contributed by atoms with van der Waals surface area (Å²) in [4.78, 5) is 40.9. The Labute approximate surface area is 226 Å². The number of rotatable bonds is 14. The predicted octanol–water partition coefficient (Wildman–Crippen LogP) is 6.83. The molecule has 7 heteroatoms. The molecule has 0 radical (unpaired) electrons. The van der Waals surface area contributed by atoms with Gasteiger partial charge in [0.2, 0.25) is 5.91 Å². The molecule has 0 saturated heterocycles. The van der Waals surface area contributed by atoms with Gasteiger partial charge >= 0.3 is 12.0 Å². The number of carbonyl (C=O) groups is 3. The molecule has 7 nitrogen and oxygen atoms in total. The molecule has 2 aromatic carbocycles.